The standard InChI is InChI=1S/C21H15N3/c22-14-16-10-12-18(13-11-16)21-23-19-8-4-5-9-20(19)24(21)15-17-6-2-1-3-7-17/h1-13H,15H2. The van der Waals surface area contributed by atoms with Crippen molar-refractivity contribution in [3.63, 3.8) is 0 Å². The van der Waals surface area contributed by atoms with Crippen molar-refractivity contribution in [1.82, 2.24) is 9.55 Å². The van der Waals surface area contributed by atoms with E-state index in [9.17, 15) is 0 Å². The van der Waals surface area contributed by atoms with E-state index in [-0.39, 0.29) is 0 Å². The number of hydrogen-bond donors (Lipinski definition) is 0. The summed E-state index contributed by atoms with van der Waals surface area (Å²) in [5.41, 5.74) is 5.00. The summed E-state index contributed by atoms with van der Waals surface area (Å²) in [6.45, 7) is 0.761. The molecule has 0 aliphatic heterocycles. The Kier molecular flexibility index (Phi) is 3.57. The summed E-state index contributed by atoms with van der Waals surface area (Å²) in [7, 11) is 0. The average Bonchev–Trinajstić information content (AvgIpc) is 3.01. The Bertz CT molecular complexity index is 1020. The highest BCUT2D eigenvalue weighted by Gasteiger charge is 2.12. The fraction of sp³-hybridized carbons (Fsp3) is 0.0476. The number of hydrogen-bond acceptors (Lipinski definition) is 2. The molecular formula is C21H15N3. The molecule has 0 radical (unpaired) electrons. The van der Waals surface area contributed by atoms with Crippen LogP contribution in [-0.2, 0) is 6.54 Å². The Hall–Kier alpha value is -3.38. The first-order valence-corrected chi connectivity index (χ1v) is 7.85. The second-order valence-corrected chi connectivity index (χ2v) is 5.69. The zero-order valence-corrected chi connectivity index (χ0v) is 13.1. The quantitative estimate of drug-likeness (QED) is 0.554. The molecule has 1 aromatic heterocycles. The molecule has 4 aromatic rings. The number of benzene rings is 3. The molecule has 0 saturated heterocycles. The summed E-state index contributed by atoms with van der Waals surface area (Å²) in [5.74, 6) is 0.921. The second-order valence-electron chi connectivity index (χ2n) is 5.69. The van der Waals surface area contributed by atoms with E-state index in [0.717, 1.165) is 29.0 Å². The maximum Gasteiger partial charge on any atom is 0.141 e. The molecule has 0 unspecified atom stereocenters. The zero-order chi connectivity index (χ0) is 16.4. The van der Waals surface area contributed by atoms with Gasteiger partial charge in [0.2, 0.25) is 0 Å². The molecule has 0 aliphatic rings. The lowest BCUT2D eigenvalue weighted by molar-refractivity contribution is 0.834. The number of aromatic nitrogens is 2. The van der Waals surface area contributed by atoms with E-state index in [1.54, 1.807) is 0 Å². The average molecular weight is 309 g/mol. The van der Waals surface area contributed by atoms with E-state index >= 15 is 0 Å². The maximum atomic E-state index is 8.99. The molecule has 0 atom stereocenters. The van der Waals surface area contributed by atoms with Gasteiger partial charge in [0.15, 0.2) is 0 Å². The van der Waals surface area contributed by atoms with E-state index in [4.69, 9.17) is 10.2 Å². The number of rotatable bonds is 3. The Morgan fingerprint density at radius 2 is 1.54 bits per heavy atom. The zero-order valence-electron chi connectivity index (χ0n) is 13.1. The fourth-order valence-corrected chi connectivity index (χ4v) is 2.92. The summed E-state index contributed by atoms with van der Waals surface area (Å²) in [4.78, 5) is 4.81. The molecule has 0 aliphatic carbocycles. The van der Waals surface area contributed by atoms with Crippen molar-refractivity contribution in [1.29, 1.82) is 5.26 Å². The molecule has 1 heterocycles. The van der Waals surface area contributed by atoms with Crippen molar-refractivity contribution in [2.45, 2.75) is 6.54 Å². The molecule has 0 bridgehead atoms. The van der Waals surface area contributed by atoms with Gasteiger partial charge in [0, 0.05) is 12.1 Å². The first kappa shape index (κ1) is 14.2. The van der Waals surface area contributed by atoms with Crippen molar-refractivity contribution in [2.24, 2.45) is 0 Å². The van der Waals surface area contributed by atoms with Crippen molar-refractivity contribution >= 4 is 11.0 Å². The Balaban J connectivity index is 1.87. The molecule has 3 aromatic carbocycles. The summed E-state index contributed by atoms with van der Waals surface area (Å²) in [5, 5.41) is 8.99. The van der Waals surface area contributed by atoms with Gasteiger partial charge < -0.3 is 4.57 Å². The molecule has 24 heavy (non-hydrogen) atoms. The van der Waals surface area contributed by atoms with Gasteiger partial charge in [-0.2, -0.15) is 5.26 Å². The van der Waals surface area contributed by atoms with E-state index in [1.807, 2.05) is 48.5 Å². The van der Waals surface area contributed by atoms with Crippen LogP contribution in [0.1, 0.15) is 11.1 Å². The number of fused-ring (bicyclic) bond motifs is 1. The van der Waals surface area contributed by atoms with Crippen LogP contribution in [0.4, 0.5) is 0 Å². The van der Waals surface area contributed by atoms with Gasteiger partial charge in [0.1, 0.15) is 5.82 Å². The summed E-state index contributed by atoms with van der Waals surface area (Å²) < 4.78 is 2.23. The lowest BCUT2D eigenvalue weighted by atomic mass is 10.1. The van der Waals surface area contributed by atoms with Crippen LogP contribution in [0.25, 0.3) is 22.4 Å². The van der Waals surface area contributed by atoms with Gasteiger partial charge in [0.05, 0.1) is 22.7 Å². The summed E-state index contributed by atoms with van der Waals surface area (Å²) in [6, 6.07) is 28.3. The predicted octanol–water partition coefficient (Wildman–Crippen LogP) is 4.62. The molecule has 3 heteroatoms. The topological polar surface area (TPSA) is 41.6 Å². The molecule has 0 fully saturated rings. The molecule has 0 saturated carbocycles. The minimum Gasteiger partial charge on any atom is -0.319 e. The van der Waals surface area contributed by atoms with Crippen molar-refractivity contribution in [3.05, 3.63) is 90.0 Å². The normalized spacial score (nSPS) is 10.6. The highest BCUT2D eigenvalue weighted by molar-refractivity contribution is 5.80. The van der Waals surface area contributed by atoms with Gasteiger partial charge in [-0.1, -0.05) is 42.5 Å². The third-order valence-electron chi connectivity index (χ3n) is 4.11. The van der Waals surface area contributed by atoms with Gasteiger partial charge in [-0.05, 0) is 42.0 Å². The summed E-state index contributed by atoms with van der Waals surface area (Å²) >= 11 is 0. The third-order valence-corrected chi connectivity index (χ3v) is 4.11. The Morgan fingerprint density at radius 1 is 0.833 bits per heavy atom. The number of para-hydroxylation sites is 2. The lowest BCUT2D eigenvalue weighted by Crippen LogP contribution is -2.02. The molecule has 114 valence electrons. The van der Waals surface area contributed by atoms with Gasteiger partial charge in [-0.3, -0.25) is 0 Å². The molecular weight excluding hydrogens is 294 g/mol. The van der Waals surface area contributed by atoms with E-state index in [1.165, 1.54) is 5.56 Å². The fourth-order valence-electron chi connectivity index (χ4n) is 2.92. The minimum atomic E-state index is 0.657. The molecule has 3 nitrogen and oxygen atoms in total. The second kappa shape index (κ2) is 6.02. The van der Waals surface area contributed by atoms with Crippen LogP contribution in [0.3, 0.4) is 0 Å². The van der Waals surface area contributed by atoms with Crippen LogP contribution in [-0.4, -0.2) is 9.55 Å². The van der Waals surface area contributed by atoms with Crippen LogP contribution in [0.5, 0.6) is 0 Å². The van der Waals surface area contributed by atoms with Crippen LogP contribution < -0.4 is 0 Å². The van der Waals surface area contributed by atoms with Gasteiger partial charge in [-0.25, -0.2) is 4.98 Å². The first-order chi connectivity index (χ1) is 11.8. The van der Waals surface area contributed by atoms with Crippen molar-refractivity contribution in [3.8, 4) is 17.5 Å². The highest BCUT2D eigenvalue weighted by atomic mass is 15.1. The monoisotopic (exact) mass is 309 g/mol. The predicted molar refractivity (Wildman–Crippen MR) is 95.4 cm³/mol. The summed E-state index contributed by atoms with van der Waals surface area (Å²) in [6.07, 6.45) is 0. The number of nitrogens with zero attached hydrogens (tertiary/aromatic N) is 3. The van der Waals surface area contributed by atoms with Crippen LogP contribution in [0.15, 0.2) is 78.9 Å². The van der Waals surface area contributed by atoms with Gasteiger partial charge >= 0.3 is 0 Å². The van der Waals surface area contributed by atoms with Crippen LogP contribution in [0, 0.1) is 11.3 Å². The smallest absolute Gasteiger partial charge is 0.141 e. The van der Waals surface area contributed by atoms with E-state index in [2.05, 4.69) is 41.0 Å². The van der Waals surface area contributed by atoms with Crippen LogP contribution in [0.2, 0.25) is 0 Å². The molecule has 4 rings (SSSR count). The number of nitriles is 1. The van der Waals surface area contributed by atoms with Crippen molar-refractivity contribution < 1.29 is 0 Å². The minimum absolute atomic E-state index is 0.657. The van der Waals surface area contributed by atoms with E-state index in [0.29, 0.717) is 5.56 Å². The SMILES string of the molecule is N#Cc1ccc(-c2nc3ccccc3n2Cc2ccccc2)cc1. The van der Waals surface area contributed by atoms with E-state index < -0.39 is 0 Å². The highest BCUT2D eigenvalue weighted by Crippen LogP contribution is 2.26. The van der Waals surface area contributed by atoms with Gasteiger partial charge in [-0.15, -0.1) is 0 Å². The number of imidazole rings is 1. The maximum absolute atomic E-state index is 8.99. The Labute approximate surface area is 140 Å². The largest absolute Gasteiger partial charge is 0.319 e. The van der Waals surface area contributed by atoms with Gasteiger partial charge in [0.25, 0.3) is 0 Å². The van der Waals surface area contributed by atoms with Crippen molar-refractivity contribution in [2.75, 3.05) is 0 Å². The van der Waals surface area contributed by atoms with Crippen LogP contribution >= 0.6 is 0 Å². The first-order valence-electron chi connectivity index (χ1n) is 7.85. The molecule has 0 N–H and O–H groups in total. The third kappa shape index (κ3) is 2.55. The molecule has 0 spiro atoms. The molecule has 0 amide bonds. The Morgan fingerprint density at radius 3 is 2.29 bits per heavy atom. The lowest BCUT2D eigenvalue weighted by Gasteiger charge is -2.09.